The van der Waals surface area contributed by atoms with Crippen LogP contribution in [0.2, 0.25) is 0 Å². The van der Waals surface area contributed by atoms with Gasteiger partial charge in [-0.15, -0.1) is 0 Å². The van der Waals surface area contributed by atoms with Crippen LogP contribution >= 0.6 is 0 Å². The summed E-state index contributed by atoms with van der Waals surface area (Å²) in [6, 6.07) is 3.52. The molecule has 1 aliphatic heterocycles. The fraction of sp³-hybridized carbons (Fsp3) is 0.417. The molecular weight excluding hydrogens is 284 g/mol. The Kier molecular flexibility index (Phi) is 3.98. The molecule has 3 N–H and O–H groups in total. The zero-order chi connectivity index (χ0) is 14.9. The molecule has 2 rings (SSSR count). The SMILES string of the molecule is COc1cc(C(=O)O)ccc1S(=O)(=O)N1CCC(N)C1. The van der Waals surface area contributed by atoms with E-state index in [0.717, 1.165) is 0 Å². The Morgan fingerprint density at radius 1 is 1.50 bits per heavy atom. The summed E-state index contributed by atoms with van der Waals surface area (Å²) in [6.07, 6.45) is 0.606. The van der Waals surface area contributed by atoms with Crippen LogP contribution in [0.4, 0.5) is 0 Å². The van der Waals surface area contributed by atoms with Crippen molar-refractivity contribution in [2.75, 3.05) is 20.2 Å². The predicted octanol–water partition coefficient (Wildman–Crippen LogP) is 0.115. The molecule has 1 unspecified atom stereocenters. The van der Waals surface area contributed by atoms with Gasteiger partial charge in [0.1, 0.15) is 10.6 Å². The number of ether oxygens (including phenoxy) is 1. The van der Waals surface area contributed by atoms with E-state index in [1.54, 1.807) is 0 Å². The number of sulfonamides is 1. The smallest absolute Gasteiger partial charge is 0.335 e. The van der Waals surface area contributed by atoms with Crippen molar-refractivity contribution in [1.29, 1.82) is 0 Å². The van der Waals surface area contributed by atoms with Gasteiger partial charge in [0, 0.05) is 19.1 Å². The number of nitrogens with two attached hydrogens (primary N) is 1. The first-order chi connectivity index (χ1) is 9.36. The van der Waals surface area contributed by atoms with E-state index in [2.05, 4.69) is 0 Å². The predicted molar refractivity (Wildman–Crippen MR) is 71.3 cm³/mol. The number of carbonyl (C=O) groups is 1. The number of benzene rings is 1. The highest BCUT2D eigenvalue weighted by atomic mass is 32.2. The average molecular weight is 300 g/mol. The molecule has 0 aliphatic carbocycles. The van der Waals surface area contributed by atoms with Crippen LogP contribution in [-0.2, 0) is 10.0 Å². The minimum Gasteiger partial charge on any atom is -0.495 e. The van der Waals surface area contributed by atoms with E-state index >= 15 is 0 Å². The second kappa shape index (κ2) is 5.39. The van der Waals surface area contributed by atoms with Crippen LogP contribution in [0.25, 0.3) is 0 Å². The topological polar surface area (TPSA) is 110 Å². The molecule has 1 fully saturated rings. The number of rotatable bonds is 4. The molecular formula is C12H16N2O5S. The van der Waals surface area contributed by atoms with Gasteiger partial charge in [-0.05, 0) is 24.6 Å². The van der Waals surface area contributed by atoms with Crippen LogP contribution in [-0.4, -0.2) is 50.0 Å². The van der Waals surface area contributed by atoms with Gasteiger partial charge in [-0.2, -0.15) is 4.31 Å². The first kappa shape index (κ1) is 14.8. The van der Waals surface area contributed by atoms with Crippen LogP contribution in [0, 0.1) is 0 Å². The summed E-state index contributed by atoms with van der Waals surface area (Å²) in [5, 5.41) is 8.91. The summed E-state index contributed by atoms with van der Waals surface area (Å²) in [7, 11) is -2.42. The second-order valence-electron chi connectivity index (χ2n) is 4.58. The highest BCUT2D eigenvalue weighted by Crippen LogP contribution is 2.29. The Labute approximate surface area is 117 Å². The minimum absolute atomic E-state index is 0.0189. The summed E-state index contributed by atoms with van der Waals surface area (Å²) in [6.45, 7) is 0.611. The molecule has 8 heteroatoms. The van der Waals surface area contributed by atoms with Crippen molar-refractivity contribution in [3.63, 3.8) is 0 Å². The quantitative estimate of drug-likeness (QED) is 0.817. The average Bonchev–Trinajstić information content (AvgIpc) is 2.85. The van der Waals surface area contributed by atoms with Gasteiger partial charge in [-0.1, -0.05) is 0 Å². The summed E-state index contributed by atoms with van der Waals surface area (Å²) >= 11 is 0. The van der Waals surface area contributed by atoms with E-state index in [9.17, 15) is 13.2 Å². The lowest BCUT2D eigenvalue weighted by atomic mass is 10.2. The zero-order valence-electron chi connectivity index (χ0n) is 10.9. The lowest BCUT2D eigenvalue weighted by molar-refractivity contribution is 0.0696. The largest absolute Gasteiger partial charge is 0.495 e. The van der Waals surface area contributed by atoms with Crippen molar-refractivity contribution in [3.8, 4) is 5.75 Å². The van der Waals surface area contributed by atoms with Gasteiger partial charge in [0.15, 0.2) is 0 Å². The molecule has 1 aromatic rings. The van der Waals surface area contributed by atoms with Crippen molar-refractivity contribution in [3.05, 3.63) is 23.8 Å². The van der Waals surface area contributed by atoms with Crippen molar-refractivity contribution >= 4 is 16.0 Å². The standard InChI is InChI=1S/C12H16N2O5S/c1-19-10-6-8(12(15)16)2-3-11(10)20(17,18)14-5-4-9(13)7-14/h2-3,6,9H,4-5,7,13H2,1H3,(H,15,16). The van der Waals surface area contributed by atoms with Gasteiger partial charge in [0.25, 0.3) is 0 Å². The van der Waals surface area contributed by atoms with Gasteiger partial charge in [-0.3, -0.25) is 0 Å². The molecule has 0 radical (unpaired) electrons. The van der Waals surface area contributed by atoms with Gasteiger partial charge in [0.05, 0.1) is 12.7 Å². The maximum Gasteiger partial charge on any atom is 0.335 e. The Balaban J connectivity index is 2.44. The number of hydrogen-bond donors (Lipinski definition) is 2. The lowest BCUT2D eigenvalue weighted by Crippen LogP contribution is -2.32. The molecule has 0 aromatic heterocycles. The number of methoxy groups -OCH3 is 1. The van der Waals surface area contributed by atoms with E-state index in [-0.39, 0.29) is 28.8 Å². The number of hydrogen-bond acceptors (Lipinski definition) is 5. The van der Waals surface area contributed by atoms with Crippen LogP contribution in [0.5, 0.6) is 5.75 Å². The molecule has 1 heterocycles. The monoisotopic (exact) mass is 300 g/mol. The fourth-order valence-electron chi connectivity index (χ4n) is 2.13. The molecule has 110 valence electrons. The van der Waals surface area contributed by atoms with E-state index in [1.807, 2.05) is 0 Å². The molecule has 7 nitrogen and oxygen atoms in total. The van der Waals surface area contributed by atoms with Crippen LogP contribution in [0.1, 0.15) is 16.8 Å². The molecule has 0 spiro atoms. The first-order valence-electron chi connectivity index (χ1n) is 6.03. The van der Waals surface area contributed by atoms with Crippen LogP contribution in [0.15, 0.2) is 23.1 Å². The normalized spacial score (nSPS) is 20.0. The van der Waals surface area contributed by atoms with Crippen molar-refractivity contribution in [2.45, 2.75) is 17.4 Å². The Morgan fingerprint density at radius 2 is 2.20 bits per heavy atom. The Morgan fingerprint density at radius 3 is 2.70 bits per heavy atom. The summed E-state index contributed by atoms with van der Waals surface area (Å²) < 4.78 is 31.3. The fourth-order valence-corrected chi connectivity index (χ4v) is 3.77. The molecule has 0 amide bonds. The Bertz CT molecular complexity index is 629. The van der Waals surface area contributed by atoms with E-state index in [1.165, 1.54) is 29.6 Å². The molecule has 1 saturated heterocycles. The van der Waals surface area contributed by atoms with Crippen molar-refractivity contribution in [1.82, 2.24) is 4.31 Å². The van der Waals surface area contributed by atoms with E-state index in [4.69, 9.17) is 15.6 Å². The van der Waals surface area contributed by atoms with Gasteiger partial charge >= 0.3 is 5.97 Å². The van der Waals surface area contributed by atoms with Gasteiger partial charge < -0.3 is 15.6 Å². The van der Waals surface area contributed by atoms with Crippen LogP contribution < -0.4 is 10.5 Å². The second-order valence-corrected chi connectivity index (χ2v) is 6.49. The van der Waals surface area contributed by atoms with E-state index < -0.39 is 16.0 Å². The third kappa shape index (κ3) is 2.62. The van der Waals surface area contributed by atoms with E-state index in [0.29, 0.717) is 13.0 Å². The first-order valence-corrected chi connectivity index (χ1v) is 7.47. The zero-order valence-corrected chi connectivity index (χ0v) is 11.8. The number of nitrogens with zero attached hydrogens (tertiary/aromatic N) is 1. The minimum atomic E-state index is -3.72. The van der Waals surface area contributed by atoms with Gasteiger partial charge in [-0.25, -0.2) is 13.2 Å². The third-order valence-electron chi connectivity index (χ3n) is 3.22. The molecule has 1 aliphatic rings. The van der Waals surface area contributed by atoms with Gasteiger partial charge in [0.2, 0.25) is 10.0 Å². The molecule has 1 aromatic carbocycles. The molecule has 0 bridgehead atoms. The summed E-state index contributed by atoms with van der Waals surface area (Å²) in [5.41, 5.74) is 5.69. The highest BCUT2D eigenvalue weighted by molar-refractivity contribution is 7.89. The highest BCUT2D eigenvalue weighted by Gasteiger charge is 2.33. The number of aromatic carboxylic acids is 1. The molecule has 0 saturated carbocycles. The molecule has 20 heavy (non-hydrogen) atoms. The van der Waals surface area contributed by atoms with Crippen molar-refractivity contribution < 1.29 is 23.1 Å². The maximum atomic E-state index is 12.5. The lowest BCUT2D eigenvalue weighted by Gasteiger charge is -2.18. The number of carboxylic acid groups (broad SMARTS) is 1. The maximum absolute atomic E-state index is 12.5. The van der Waals surface area contributed by atoms with Crippen molar-refractivity contribution in [2.24, 2.45) is 5.73 Å². The Hall–Kier alpha value is -1.64. The summed E-state index contributed by atoms with van der Waals surface area (Å²) in [5.74, 6) is -1.12. The van der Waals surface area contributed by atoms with Crippen LogP contribution in [0.3, 0.4) is 0 Å². The summed E-state index contributed by atoms with van der Waals surface area (Å²) in [4.78, 5) is 10.9. The third-order valence-corrected chi connectivity index (χ3v) is 5.12. The molecule has 1 atom stereocenters. The number of carboxylic acids is 1.